The number of hydrogen-bond donors (Lipinski definition) is 0. The molecule has 6 heteroatoms. The Hall–Kier alpha value is -1.69. The summed E-state index contributed by atoms with van der Waals surface area (Å²) in [6.45, 7) is 2.55. The van der Waals surface area contributed by atoms with Crippen LogP contribution in [0.25, 0.3) is 0 Å². The van der Waals surface area contributed by atoms with Crippen molar-refractivity contribution in [3.8, 4) is 5.75 Å². The Kier molecular flexibility index (Phi) is 6.24. The lowest BCUT2D eigenvalue weighted by Gasteiger charge is -2.05. The highest BCUT2D eigenvalue weighted by atomic mass is 79.9. The third-order valence-electron chi connectivity index (χ3n) is 3.19. The van der Waals surface area contributed by atoms with Gasteiger partial charge in [-0.15, -0.1) is 0 Å². The molecule has 0 aliphatic rings. The lowest BCUT2D eigenvalue weighted by atomic mass is 10.3. The smallest absolute Gasteiger partial charge is 0.179 e. The molecule has 0 radical (unpaired) electrons. The number of halogens is 2. The van der Waals surface area contributed by atoms with Crippen LogP contribution in [-0.2, 0) is 0 Å². The molecule has 0 saturated heterocycles. The molecule has 0 N–H and O–H groups in total. The van der Waals surface area contributed by atoms with Gasteiger partial charge >= 0.3 is 0 Å². The molecule has 2 aromatic carbocycles. The maximum Gasteiger partial charge on any atom is 0.179 e. The Bertz CT molecular complexity index is 877. The van der Waals surface area contributed by atoms with Crippen LogP contribution < -0.4 is 4.74 Å². The van der Waals surface area contributed by atoms with Gasteiger partial charge in [0.15, 0.2) is 5.09 Å². The van der Waals surface area contributed by atoms with Crippen LogP contribution in [0.2, 0.25) is 5.02 Å². The van der Waals surface area contributed by atoms with E-state index >= 15 is 0 Å². The topological polar surface area (TPSA) is 34.7 Å². The van der Waals surface area contributed by atoms with Gasteiger partial charge in [0.25, 0.3) is 0 Å². The first-order valence-electron chi connectivity index (χ1n) is 7.64. The van der Waals surface area contributed by atoms with Crippen molar-refractivity contribution in [3.63, 3.8) is 0 Å². The van der Waals surface area contributed by atoms with E-state index < -0.39 is 0 Å². The Labute approximate surface area is 164 Å². The molecule has 0 saturated carbocycles. The second kappa shape index (κ2) is 8.61. The summed E-state index contributed by atoms with van der Waals surface area (Å²) in [5, 5.41) is 1.48. The van der Waals surface area contributed by atoms with Gasteiger partial charge < -0.3 is 9.15 Å². The van der Waals surface area contributed by atoms with E-state index in [-0.39, 0.29) is 0 Å². The first-order valence-corrected chi connectivity index (χ1v) is 9.63. The molecule has 128 valence electrons. The summed E-state index contributed by atoms with van der Waals surface area (Å²) in [6.07, 6.45) is 1.69. The minimum atomic E-state index is 0.598. The number of para-hydroxylation sites is 2. The largest absolute Gasteiger partial charge is 0.492 e. The molecular weight excluding hydrogens is 422 g/mol. The molecule has 0 fully saturated rings. The van der Waals surface area contributed by atoms with Crippen molar-refractivity contribution in [3.05, 3.63) is 69.9 Å². The van der Waals surface area contributed by atoms with Crippen molar-refractivity contribution < 1.29 is 9.15 Å². The van der Waals surface area contributed by atoms with E-state index in [2.05, 4.69) is 20.9 Å². The van der Waals surface area contributed by atoms with E-state index in [4.69, 9.17) is 20.8 Å². The van der Waals surface area contributed by atoms with E-state index in [9.17, 15) is 0 Å². The first-order chi connectivity index (χ1) is 12.2. The molecule has 0 spiro atoms. The van der Waals surface area contributed by atoms with Crippen molar-refractivity contribution in [1.29, 1.82) is 0 Å². The monoisotopic (exact) mass is 435 g/mol. The van der Waals surface area contributed by atoms with Gasteiger partial charge in [-0.1, -0.05) is 35.5 Å². The normalized spacial score (nSPS) is 11.2. The summed E-state index contributed by atoms with van der Waals surface area (Å²) >= 11 is 11.0. The molecule has 25 heavy (non-hydrogen) atoms. The van der Waals surface area contributed by atoms with Crippen LogP contribution in [-0.4, -0.2) is 12.8 Å². The van der Waals surface area contributed by atoms with Crippen molar-refractivity contribution >= 4 is 51.2 Å². The van der Waals surface area contributed by atoms with Crippen molar-refractivity contribution in [2.24, 2.45) is 4.99 Å². The highest BCUT2D eigenvalue weighted by Crippen LogP contribution is 2.36. The summed E-state index contributed by atoms with van der Waals surface area (Å²) in [4.78, 5) is 5.52. The number of furan rings is 1. The molecule has 1 heterocycles. The SMILES string of the molecule is CCOc1ccccc1N=Cc1cc(Br)c(Sc2ccc(Cl)cc2)o1. The number of benzene rings is 2. The Morgan fingerprint density at radius 3 is 2.72 bits per heavy atom. The molecule has 0 aliphatic carbocycles. The van der Waals surface area contributed by atoms with Crippen LogP contribution in [0.5, 0.6) is 5.75 Å². The van der Waals surface area contributed by atoms with Gasteiger partial charge in [0.2, 0.25) is 0 Å². The van der Waals surface area contributed by atoms with Crippen LogP contribution in [0.4, 0.5) is 5.69 Å². The predicted molar refractivity (Wildman–Crippen MR) is 107 cm³/mol. The third-order valence-corrected chi connectivity index (χ3v) is 5.29. The van der Waals surface area contributed by atoms with Gasteiger partial charge in [0.05, 0.1) is 17.3 Å². The summed E-state index contributed by atoms with van der Waals surface area (Å²) in [6, 6.07) is 17.2. The minimum absolute atomic E-state index is 0.598. The third kappa shape index (κ3) is 4.91. The van der Waals surface area contributed by atoms with Gasteiger partial charge in [-0.25, -0.2) is 4.99 Å². The maximum atomic E-state index is 5.92. The molecule has 0 amide bonds. The highest BCUT2D eigenvalue weighted by Gasteiger charge is 2.10. The first kappa shape index (κ1) is 18.1. The van der Waals surface area contributed by atoms with Gasteiger partial charge in [-0.05, 0) is 59.3 Å². The Morgan fingerprint density at radius 1 is 1.20 bits per heavy atom. The standard InChI is InChI=1S/C19H15BrClNO2S/c1-2-23-18-6-4-3-5-17(18)22-12-14-11-16(20)19(24-14)25-15-9-7-13(21)8-10-15/h3-12H,2H2,1H3. The predicted octanol–water partition coefficient (Wildman–Crippen LogP) is 7.00. The van der Waals surface area contributed by atoms with Crippen LogP contribution in [0, 0.1) is 0 Å². The fourth-order valence-corrected chi connectivity index (χ4v) is 3.54. The minimum Gasteiger partial charge on any atom is -0.492 e. The molecule has 3 aromatic rings. The van der Waals surface area contributed by atoms with Crippen LogP contribution >= 0.6 is 39.3 Å². The van der Waals surface area contributed by atoms with Gasteiger partial charge in [0, 0.05) is 16.0 Å². The zero-order valence-electron chi connectivity index (χ0n) is 13.4. The Morgan fingerprint density at radius 2 is 1.96 bits per heavy atom. The van der Waals surface area contributed by atoms with E-state index in [1.165, 1.54) is 11.8 Å². The van der Waals surface area contributed by atoms with E-state index in [1.54, 1.807) is 6.21 Å². The lowest BCUT2D eigenvalue weighted by Crippen LogP contribution is -1.91. The molecule has 0 atom stereocenters. The summed E-state index contributed by atoms with van der Waals surface area (Å²) < 4.78 is 12.3. The molecule has 0 bridgehead atoms. The van der Waals surface area contributed by atoms with Crippen molar-refractivity contribution in [2.75, 3.05) is 6.61 Å². The van der Waals surface area contributed by atoms with Gasteiger partial charge in [0.1, 0.15) is 17.2 Å². The average molecular weight is 437 g/mol. The second-order valence-electron chi connectivity index (χ2n) is 5.00. The summed E-state index contributed by atoms with van der Waals surface area (Å²) in [5.41, 5.74) is 0.767. The number of ether oxygens (including phenoxy) is 1. The molecule has 0 aliphatic heterocycles. The number of rotatable bonds is 6. The van der Waals surface area contributed by atoms with E-state index in [1.807, 2.05) is 61.5 Å². The average Bonchev–Trinajstić information content (AvgIpc) is 2.96. The summed E-state index contributed by atoms with van der Waals surface area (Å²) in [7, 11) is 0. The molecule has 3 rings (SSSR count). The summed E-state index contributed by atoms with van der Waals surface area (Å²) in [5.74, 6) is 1.41. The van der Waals surface area contributed by atoms with Crippen LogP contribution in [0.15, 0.2) is 78.5 Å². The van der Waals surface area contributed by atoms with E-state index in [0.29, 0.717) is 17.4 Å². The number of aliphatic imine (C=N–C) groups is 1. The van der Waals surface area contributed by atoms with Gasteiger partial charge in [-0.2, -0.15) is 0 Å². The molecule has 1 aromatic heterocycles. The Balaban J connectivity index is 1.77. The molecule has 3 nitrogen and oxygen atoms in total. The second-order valence-corrected chi connectivity index (χ2v) is 7.34. The highest BCUT2D eigenvalue weighted by molar-refractivity contribution is 9.10. The van der Waals surface area contributed by atoms with Crippen molar-refractivity contribution in [1.82, 2.24) is 0 Å². The quantitative estimate of drug-likeness (QED) is 0.390. The number of nitrogens with zero attached hydrogens (tertiary/aromatic N) is 1. The van der Waals surface area contributed by atoms with Crippen molar-refractivity contribution in [2.45, 2.75) is 16.9 Å². The maximum absolute atomic E-state index is 5.92. The molecular formula is C19H15BrClNO2S. The fraction of sp³-hybridized carbons (Fsp3) is 0.105. The van der Waals surface area contributed by atoms with Crippen LogP contribution in [0.3, 0.4) is 0 Å². The lowest BCUT2D eigenvalue weighted by molar-refractivity contribution is 0.341. The zero-order valence-corrected chi connectivity index (χ0v) is 16.6. The number of hydrogen-bond acceptors (Lipinski definition) is 4. The molecule has 0 unspecified atom stereocenters. The fourth-order valence-electron chi connectivity index (χ4n) is 2.09. The van der Waals surface area contributed by atoms with Crippen LogP contribution in [0.1, 0.15) is 12.7 Å². The van der Waals surface area contributed by atoms with E-state index in [0.717, 1.165) is 25.9 Å². The van der Waals surface area contributed by atoms with Gasteiger partial charge in [-0.3, -0.25) is 0 Å². The zero-order chi connectivity index (χ0) is 17.6.